The topological polar surface area (TPSA) is 433 Å². The van der Waals surface area contributed by atoms with Crippen molar-refractivity contribution in [2.24, 2.45) is 50.2 Å². The summed E-state index contributed by atoms with van der Waals surface area (Å²) in [7, 11) is 0. The smallest absolute Gasteiger partial charge is 0.315 e. The van der Waals surface area contributed by atoms with Crippen molar-refractivity contribution in [1.29, 1.82) is 0 Å². The highest BCUT2D eigenvalue weighted by Crippen LogP contribution is 2.76. The zero-order valence-electron chi connectivity index (χ0n) is 50.0. The van der Waals surface area contributed by atoms with Crippen molar-refractivity contribution in [2.45, 2.75) is 266 Å². The number of aliphatic hydroxyl groups excluding tert-OH is 16. The SMILES string of the molecule is C[C@@H]1O[C@@H](O[C@H]2[C@H](O[C@H]3CC[C@@]4(C)C(CC[C@]5(C)C4CC=C4[C@@H]6CC(C)(C)CC[C@]6(C(=O)O[C@@H]6O[C@H](CO[C@@H]7O[C@H](CO)[C@@H](O)[C@H](O)[C@H]7O)[C@@H](O)[C@H](O)[C@H]6O)CC[C@]45C)[C@]3(C)CO)OC[C@H](O)[C@@H]2O)[C@H](O)[C@H](O[C@@H]2O[C@H](CO)[C@@H](O)[C@H](O)[C@H]2O)[C@H]1O. The number of fused-ring (bicyclic) bond motifs is 7. The van der Waals surface area contributed by atoms with E-state index in [9.17, 15) is 81.7 Å². The summed E-state index contributed by atoms with van der Waals surface area (Å²) in [6.07, 6.45) is -31.4. The molecule has 0 bridgehead atoms. The van der Waals surface area contributed by atoms with Crippen molar-refractivity contribution in [3.05, 3.63) is 11.6 Å². The lowest BCUT2D eigenvalue weighted by molar-refractivity contribution is -0.383. The van der Waals surface area contributed by atoms with Gasteiger partial charge in [-0.1, -0.05) is 53.2 Å². The average Bonchev–Trinajstić information content (AvgIpc) is 0.689. The third kappa shape index (κ3) is 11.2. The molecule has 0 aromatic heterocycles. The first-order valence-corrected chi connectivity index (χ1v) is 30.8. The van der Waals surface area contributed by atoms with E-state index >= 15 is 4.79 Å². The summed E-state index contributed by atoms with van der Waals surface area (Å²) >= 11 is 0. The van der Waals surface area contributed by atoms with Crippen molar-refractivity contribution < 1.29 is 134 Å². The third-order valence-electron chi connectivity index (χ3n) is 23.2. The normalized spacial score (nSPS) is 54.8. The molecule has 5 aliphatic heterocycles. The average molecular weight is 1240 g/mol. The maximum absolute atomic E-state index is 15.1. The molecule has 4 saturated carbocycles. The van der Waals surface area contributed by atoms with E-state index in [0.29, 0.717) is 57.8 Å². The van der Waals surface area contributed by atoms with Gasteiger partial charge in [0.1, 0.15) is 110 Å². The van der Waals surface area contributed by atoms with Gasteiger partial charge < -0.3 is 129 Å². The number of allylic oxidation sites excluding steroid dienone is 2. The first-order chi connectivity index (χ1) is 40.4. The summed E-state index contributed by atoms with van der Waals surface area (Å²) in [5, 5.41) is 172. The van der Waals surface area contributed by atoms with Crippen molar-refractivity contribution >= 4 is 5.97 Å². The number of hydrogen-bond acceptors (Lipinski definition) is 27. The lowest BCUT2D eigenvalue weighted by atomic mass is 9.33. The molecule has 5 saturated heterocycles. The van der Waals surface area contributed by atoms with Crippen molar-refractivity contribution in [2.75, 3.05) is 33.0 Å². The Kier molecular flexibility index (Phi) is 19.4. The molecule has 33 atom stereocenters. The predicted octanol–water partition coefficient (Wildman–Crippen LogP) is -3.57. The molecule has 16 N–H and O–H groups in total. The van der Waals surface area contributed by atoms with E-state index in [2.05, 4.69) is 40.7 Å². The molecule has 0 aromatic carbocycles. The van der Waals surface area contributed by atoms with Crippen LogP contribution in [0.4, 0.5) is 0 Å². The van der Waals surface area contributed by atoms with E-state index in [-0.39, 0.29) is 47.2 Å². The van der Waals surface area contributed by atoms with Gasteiger partial charge >= 0.3 is 5.97 Å². The van der Waals surface area contributed by atoms with Gasteiger partial charge in [-0.15, -0.1) is 0 Å². The van der Waals surface area contributed by atoms with Crippen LogP contribution in [0.25, 0.3) is 0 Å². The Morgan fingerprint density at radius 2 is 1.13 bits per heavy atom. The van der Waals surface area contributed by atoms with Gasteiger partial charge in [0, 0.05) is 5.41 Å². The molecule has 27 nitrogen and oxygen atoms in total. The number of ether oxygens (including phenoxy) is 10. The van der Waals surface area contributed by atoms with E-state index in [1.807, 2.05) is 6.92 Å². The maximum atomic E-state index is 15.1. The summed E-state index contributed by atoms with van der Waals surface area (Å²) < 4.78 is 59.5. The second-order valence-electron chi connectivity index (χ2n) is 28.5. The molecular formula is C59H96O27. The van der Waals surface area contributed by atoms with E-state index in [4.69, 9.17) is 47.4 Å². The molecule has 0 radical (unpaired) electrons. The Balaban J connectivity index is 0.849. The van der Waals surface area contributed by atoms with Gasteiger partial charge in [0.25, 0.3) is 0 Å². The molecule has 2 unspecified atom stereocenters. The van der Waals surface area contributed by atoms with Crippen molar-refractivity contribution in [3.8, 4) is 0 Å². The fourth-order valence-corrected chi connectivity index (χ4v) is 17.6. The zero-order valence-corrected chi connectivity index (χ0v) is 50.0. The summed E-state index contributed by atoms with van der Waals surface area (Å²) in [6, 6.07) is 0. The van der Waals surface area contributed by atoms with Crippen LogP contribution < -0.4 is 0 Å². The Morgan fingerprint density at radius 3 is 1.77 bits per heavy atom. The summed E-state index contributed by atoms with van der Waals surface area (Å²) in [6.45, 7) is 12.1. The molecule has 27 heteroatoms. The van der Waals surface area contributed by atoms with Crippen LogP contribution in [-0.2, 0) is 52.2 Å². The van der Waals surface area contributed by atoms with Gasteiger partial charge in [0.05, 0.1) is 50.7 Å². The molecule has 10 rings (SSSR count). The molecular weight excluding hydrogens is 1140 g/mol. The minimum atomic E-state index is -1.87. The van der Waals surface area contributed by atoms with Crippen LogP contribution >= 0.6 is 0 Å². The van der Waals surface area contributed by atoms with Crippen LogP contribution in [0, 0.1) is 50.2 Å². The van der Waals surface area contributed by atoms with E-state index < -0.39 is 196 Å². The maximum Gasteiger partial charge on any atom is 0.315 e. The summed E-state index contributed by atoms with van der Waals surface area (Å²) in [5.74, 6) is -0.929. The highest BCUT2D eigenvalue weighted by atomic mass is 16.8. The zero-order chi connectivity index (χ0) is 62.7. The number of carbonyl (C=O) groups is 1. The summed E-state index contributed by atoms with van der Waals surface area (Å²) in [5.41, 5.74) is -2.07. The lowest BCUT2D eigenvalue weighted by Gasteiger charge is -2.71. The standard InChI is InChI=1S/C59H96O27/c1-24-34(64)46(84-49-43(73)40(70)37(67)29(20-61)81-49)45(75)51(79-24)85-47-35(65)27(63)21-77-52(47)83-33-11-12-55(4)31(56(33,5)23-62)10-13-58(7)32(55)9-8-25-26-18-54(2,3)14-16-59(26,17-15-57(25,58)6)53(76)86-50-44(74)41(71)38(68)30(82-50)22-78-48-42(72)39(69)36(66)28(19-60)80-48/h8,24,26-52,60-75H,9-23H2,1-7H3/t24-,26-,27-,28+,29+,30+,31?,32?,33-,34-,35-,36+,37+,38+,39-,40-,41-,42+,43+,44+,45+,46+,47+,48+,49-,50-,51-,52-,55-,56-,57+,58+,59-/m0/s1. The van der Waals surface area contributed by atoms with E-state index in [1.165, 1.54) is 12.5 Å². The number of hydrogen-bond donors (Lipinski definition) is 16. The largest absolute Gasteiger partial charge is 0.432 e. The molecule has 9 fully saturated rings. The van der Waals surface area contributed by atoms with E-state index in [0.717, 1.165) is 6.42 Å². The first kappa shape index (κ1) is 67.1. The fourth-order valence-electron chi connectivity index (χ4n) is 17.6. The predicted molar refractivity (Wildman–Crippen MR) is 289 cm³/mol. The molecule has 0 aromatic rings. The van der Waals surface area contributed by atoms with Gasteiger partial charge in [-0.05, 0) is 111 Å². The molecule has 5 aliphatic carbocycles. The van der Waals surface area contributed by atoms with Crippen LogP contribution in [0.5, 0.6) is 0 Å². The molecule has 0 amide bonds. The monoisotopic (exact) mass is 1240 g/mol. The quantitative estimate of drug-likeness (QED) is 0.0454. The molecule has 10 aliphatic rings. The molecule has 5 heterocycles. The second kappa shape index (κ2) is 24.9. The fraction of sp³-hybridized carbons (Fsp3) is 0.949. The van der Waals surface area contributed by atoms with Gasteiger partial charge in [0.15, 0.2) is 25.2 Å². The van der Waals surface area contributed by atoms with Gasteiger partial charge in [-0.2, -0.15) is 0 Å². The van der Waals surface area contributed by atoms with Gasteiger partial charge in [0.2, 0.25) is 6.29 Å². The second-order valence-corrected chi connectivity index (χ2v) is 28.5. The van der Waals surface area contributed by atoms with Crippen molar-refractivity contribution in [3.63, 3.8) is 0 Å². The summed E-state index contributed by atoms with van der Waals surface area (Å²) in [4.78, 5) is 15.1. The Hall–Kier alpha value is -1.79. The van der Waals surface area contributed by atoms with Gasteiger partial charge in [-0.3, -0.25) is 4.79 Å². The van der Waals surface area contributed by atoms with Crippen LogP contribution in [0.15, 0.2) is 11.6 Å². The highest BCUT2D eigenvalue weighted by molar-refractivity contribution is 5.79. The highest BCUT2D eigenvalue weighted by Gasteiger charge is 2.71. The molecule has 86 heavy (non-hydrogen) atoms. The number of esters is 1. The Bertz CT molecular complexity index is 2380. The Morgan fingerprint density at radius 1 is 0.558 bits per heavy atom. The molecule has 0 spiro atoms. The number of aliphatic hydroxyl groups is 16. The lowest BCUT2D eigenvalue weighted by Crippen LogP contribution is -2.67. The number of carbonyl (C=O) groups excluding carboxylic acids is 1. The van der Waals surface area contributed by atoms with Crippen molar-refractivity contribution in [1.82, 2.24) is 0 Å². The third-order valence-corrected chi connectivity index (χ3v) is 23.2. The van der Waals surface area contributed by atoms with E-state index in [1.54, 1.807) is 0 Å². The van der Waals surface area contributed by atoms with Crippen LogP contribution in [-0.4, -0.2) is 274 Å². The Labute approximate surface area is 499 Å². The van der Waals surface area contributed by atoms with Crippen LogP contribution in [0.3, 0.4) is 0 Å². The minimum absolute atomic E-state index is 0.0885. The molecule has 494 valence electrons. The van der Waals surface area contributed by atoms with Crippen LogP contribution in [0.1, 0.15) is 113 Å². The number of rotatable bonds is 14. The van der Waals surface area contributed by atoms with Crippen LogP contribution in [0.2, 0.25) is 0 Å². The minimum Gasteiger partial charge on any atom is -0.432 e. The van der Waals surface area contributed by atoms with Gasteiger partial charge in [-0.25, -0.2) is 0 Å². The first-order valence-electron chi connectivity index (χ1n) is 30.8.